The number of hydrogen-bond acceptors (Lipinski definition) is 6. The Hall–Kier alpha value is -0.240. The molecule has 0 aliphatic rings. The standard InChI is InChI=1S/C10H24N2O4/c1-10(2)5-16-9-12(8-15)4-3-11(6-13)7-14/h10,13-15H,3-9H2,1-2H3. The number of aliphatic hydroxyl groups is 3. The predicted octanol–water partition coefficient (Wildman–Crippen LogP) is -0.930. The van der Waals surface area contributed by atoms with Crippen LogP contribution >= 0.6 is 0 Å². The lowest BCUT2D eigenvalue weighted by molar-refractivity contribution is -0.0391. The van der Waals surface area contributed by atoms with Gasteiger partial charge in [0.25, 0.3) is 0 Å². The molecule has 0 amide bonds. The molecule has 0 aliphatic heterocycles. The maximum absolute atomic E-state index is 9.05. The summed E-state index contributed by atoms with van der Waals surface area (Å²) in [6.07, 6.45) is 0. The molecule has 0 rings (SSSR count). The highest BCUT2D eigenvalue weighted by Crippen LogP contribution is 1.95. The van der Waals surface area contributed by atoms with Gasteiger partial charge < -0.3 is 20.1 Å². The molecule has 0 spiro atoms. The van der Waals surface area contributed by atoms with Gasteiger partial charge >= 0.3 is 0 Å². The number of rotatable bonds is 10. The fraction of sp³-hybridized carbons (Fsp3) is 1.00. The van der Waals surface area contributed by atoms with Gasteiger partial charge in [0.2, 0.25) is 0 Å². The average Bonchev–Trinajstić information content (AvgIpc) is 2.27. The van der Waals surface area contributed by atoms with Crippen molar-refractivity contribution in [3.63, 3.8) is 0 Å². The average molecular weight is 236 g/mol. The molecule has 0 aromatic heterocycles. The van der Waals surface area contributed by atoms with E-state index < -0.39 is 0 Å². The third kappa shape index (κ3) is 7.98. The molecule has 0 aliphatic carbocycles. The van der Waals surface area contributed by atoms with Crippen LogP contribution in [-0.4, -0.2) is 71.7 Å². The highest BCUT2D eigenvalue weighted by molar-refractivity contribution is 4.53. The summed E-state index contributed by atoms with van der Waals surface area (Å²) in [5, 5.41) is 26.7. The maximum atomic E-state index is 9.05. The molecule has 0 heterocycles. The SMILES string of the molecule is CC(C)COCN(CO)CCN(CO)CO. The quantitative estimate of drug-likeness (QED) is 0.425. The van der Waals surface area contributed by atoms with Crippen molar-refractivity contribution < 1.29 is 20.1 Å². The van der Waals surface area contributed by atoms with Crippen LogP contribution in [0.3, 0.4) is 0 Å². The highest BCUT2D eigenvalue weighted by Gasteiger charge is 2.07. The summed E-state index contributed by atoms with van der Waals surface area (Å²) in [6, 6.07) is 0. The molecule has 6 nitrogen and oxygen atoms in total. The number of aliphatic hydroxyl groups excluding tert-OH is 3. The monoisotopic (exact) mass is 236 g/mol. The van der Waals surface area contributed by atoms with E-state index in [4.69, 9.17) is 20.1 Å². The van der Waals surface area contributed by atoms with E-state index in [0.29, 0.717) is 32.3 Å². The van der Waals surface area contributed by atoms with Crippen molar-refractivity contribution in [3.05, 3.63) is 0 Å². The van der Waals surface area contributed by atoms with Gasteiger partial charge in [-0.1, -0.05) is 13.8 Å². The Morgan fingerprint density at radius 1 is 0.938 bits per heavy atom. The second kappa shape index (κ2) is 9.95. The van der Waals surface area contributed by atoms with Crippen molar-refractivity contribution >= 4 is 0 Å². The van der Waals surface area contributed by atoms with Crippen molar-refractivity contribution in [2.24, 2.45) is 5.92 Å². The van der Waals surface area contributed by atoms with Crippen molar-refractivity contribution in [3.8, 4) is 0 Å². The molecular formula is C10H24N2O4. The summed E-state index contributed by atoms with van der Waals surface area (Å²) in [4.78, 5) is 3.14. The molecule has 6 heteroatoms. The fourth-order valence-electron chi connectivity index (χ4n) is 1.06. The van der Waals surface area contributed by atoms with E-state index in [2.05, 4.69) is 13.8 Å². The minimum Gasteiger partial charge on any atom is -0.381 e. The van der Waals surface area contributed by atoms with Gasteiger partial charge in [-0.2, -0.15) is 0 Å². The lowest BCUT2D eigenvalue weighted by atomic mass is 10.2. The third-order valence-electron chi connectivity index (χ3n) is 2.06. The topological polar surface area (TPSA) is 76.4 Å². The van der Waals surface area contributed by atoms with Crippen LogP contribution in [0.1, 0.15) is 13.8 Å². The van der Waals surface area contributed by atoms with E-state index in [0.717, 1.165) is 0 Å². The van der Waals surface area contributed by atoms with Crippen molar-refractivity contribution in [2.45, 2.75) is 13.8 Å². The summed E-state index contributed by atoms with van der Waals surface area (Å²) in [5.74, 6) is 0.465. The first kappa shape index (κ1) is 15.8. The van der Waals surface area contributed by atoms with Gasteiger partial charge in [-0.25, -0.2) is 0 Å². The summed E-state index contributed by atoms with van der Waals surface area (Å²) in [6.45, 7) is 5.67. The zero-order chi connectivity index (χ0) is 12.4. The number of ether oxygens (including phenoxy) is 1. The molecule has 0 bridgehead atoms. The first-order valence-corrected chi connectivity index (χ1v) is 5.49. The van der Waals surface area contributed by atoms with Crippen molar-refractivity contribution in [1.82, 2.24) is 9.80 Å². The van der Waals surface area contributed by atoms with Gasteiger partial charge in [-0.15, -0.1) is 0 Å². The Kier molecular flexibility index (Phi) is 9.80. The van der Waals surface area contributed by atoms with Crippen LogP contribution in [0.5, 0.6) is 0 Å². The zero-order valence-electron chi connectivity index (χ0n) is 10.2. The lowest BCUT2D eigenvalue weighted by Crippen LogP contribution is -2.38. The Morgan fingerprint density at radius 2 is 1.44 bits per heavy atom. The first-order chi connectivity index (χ1) is 7.63. The number of nitrogens with zero attached hydrogens (tertiary/aromatic N) is 2. The normalized spacial score (nSPS) is 12.0. The van der Waals surface area contributed by atoms with Crippen LogP contribution in [0.25, 0.3) is 0 Å². The van der Waals surface area contributed by atoms with Gasteiger partial charge in [0.1, 0.15) is 6.73 Å². The van der Waals surface area contributed by atoms with E-state index in [1.165, 1.54) is 4.90 Å². The molecule has 0 aromatic carbocycles. The summed E-state index contributed by atoms with van der Waals surface area (Å²) in [5.41, 5.74) is 0. The molecular weight excluding hydrogens is 212 g/mol. The van der Waals surface area contributed by atoms with Crippen LogP contribution < -0.4 is 0 Å². The molecule has 3 N–H and O–H groups in total. The minimum atomic E-state index is -0.192. The molecule has 0 fully saturated rings. The summed E-state index contributed by atoms with van der Waals surface area (Å²) >= 11 is 0. The van der Waals surface area contributed by atoms with Crippen LogP contribution in [0.4, 0.5) is 0 Å². The first-order valence-electron chi connectivity index (χ1n) is 5.49. The molecule has 16 heavy (non-hydrogen) atoms. The van der Waals surface area contributed by atoms with E-state index >= 15 is 0 Å². The van der Waals surface area contributed by atoms with Gasteiger partial charge in [-0.3, -0.25) is 9.80 Å². The molecule has 0 atom stereocenters. The maximum Gasteiger partial charge on any atom is 0.101 e. The van der Waals surface area contributed by atoms with E-state index in [-0.39, 0.29) is 20.2 Å². The van der Waals surface area contributed by atoms with Crippen LogP contribution in [0.15, 0.2) is 0 Å². The Labute approximate surface area is 97.0 Å². The Morgan fingerprint density at radius 3 is 1.88 bits per heavy atom. The largest absolute Gasteiger partial charge is 0.381 e. The molecule has 0 saturated heterocycles. The lowest BCUT2D eigenvalue weighted by Gasteiger charge is -2.23. The second-order valence-electron chi connectivity index (χ2n) is 4.11. The van der Waals surface area contributed by atoms with E-state index in [9.17, 15) is 0 Å². The molecule has 0 aromatic rings. The van der Waals surface area contributed by atoms with Gasteiger partial charge in [0, 0.05) is 13.1 Å². The Bertz CT molecular complexity index is 154. The van der Waals surface area contributed by atoms with Crippen LogP contribution in [0, 0.1) is 5.92 Å². The van der Waals surface area contributed by atoms with E-state index in [1.807, 2.05) is 0 Å². The van der Waals surface area contributed by atoms with Gasteiger partial charge in [-0.05, 0) is 5.92 Å². The Balaban J connectivity index is 3.65. The molecule has 0 saturated carbocycles. The predicted molar refractivity (Wildman–Crippen MR) is 60.3 cm³/mol. The minimum absolute atomic E-state index is 0.0945. The second-order valence-corrected chi connectivity index (χ2v) is 4.11. The third-order valence-corrected chi connectivity index (χ3v) is 2.06. The zero-order valence-corrected chi connectivity index (χ0v) is 10.2. The number of hydrogen-bond donors (Lipinski definition) is 3. The van der Waals surface area contributed by atoms with E-state index in [1.54, 1.807) is 4.90 Å². The summed E-state index contributed by atoms with van der Waals surface area (Å²) in [7, 11) is 0. The van der Waals surface area contributed by atoms with Crippen molar-refractivity contribution in [1.29, 1.82) is 0 Å². The highest BCUT2D eigenvalue weighted by atomic mass is 16.5. The smallest absolute Gasteiger partial charge is 0.101 e. The summed E-state index contributed by atoms with van der Waals surface area (Å²) < 4.78 is 5.37. The van der Waals surface area contributed by atoms with Crippen LogP contribution in [-0.2, 0) is 4.74 Å². The van der Waals surface area contributed by atoms with Gasteiger partial charge in [0.05, 0.1) is 26.8 Å². The van der Waals surface area contributed by atoms with Crippen molar-refractivity contribution in [2.75, 3.05) is 46.6 Å². The molecule has 0 radical (unpaired) electrons. The van der Waals surface area contributed by atoms with Gasteiger partial charge in [0.15, 0.2) is 0 Å². The van der Waals surface area contributed by atoms with Crippen LogP contribution in [0.2, 0.25) is 0 Å². The fourth-order valence-corrected chi connectivity index (χ4v) is 1.06. The molecule has 0 unspecified atom stereocenters. The molecule has 98 valence electrons.